The van der Waals surface area contributed by atoms with Gasteiger partial charge in [-0.05, 0) is 24.7 Å². The minimum atomic E-state index is -3.72. The van der Waals surface area contributed by atoms with Crippen molar-refractivity contribution in [1.82, 2.24) is 10.6 Å². The van der Waals surface area contributed by atoms with Crippen LogP contribution in [0.3, 0.4) is 0 Å². The lowest BCUT2D eigenvalue weighted by Crippen LogP contribution is -2.55. The number of nitrogens with one attached hydrogen (secondary N) is 2. The zero-order chi connectivity index (χ0) is 20.2. The van der Waals surface area contributed by atoms with Crippen LogP contribution >= 0.6 is 7.60 Å². The monoisotopic (exact) mass is 392 g/mol. The molecule has 4 N–H and O–H groups in total. The third-order valence-corrected chi connectivity index (χ3v) is 5.60. The van der Waals surface area contributed by atoms with E-state index in [0.717, 1.165) is 25.7 Å². The Balaban J connectivity index is 0.00000194. The Bertz CT molecular complexity index is 492. The van der Waals surface area contributed by atoms with Crippen LogP contribution in [-0.4, -0.2) is 47.9 Å². The topological polar surface area (TPSA) is 125 Å². The van der Waals surface area contributed by atoms with Crippen LogP contribution in [0.15, 0.2) is 12.7 Å². The summed E-state index contributed by atoms with van der Waals surface area (Å²) in [6, 6.07) is -0.388. The van der Waals surface area contributed by atoms with E-state index in [-0.39, 0.29) is 24.7 Å². The largest absolute Gasteiger partial charge is 0.483 e. The number of carbonyl (C=O) groups is 2. The van der Waals surface area contributed by atoms with Crippen molar-refractivity contribution < 1.29 is 28.7 Å². The number of rotatable bonds is 9. The van der Waals surface area contributed by atoms with Gasteiger partial charge in [0, 0.05) is 13.2 Å². The van der Waals surface area contributed by atoms with Crippen molar-refractivity contribution in [2.75, 3.05) is 13.4 Å². The van der Waals surface area contributed by atoms with Crippen LogP contribution in [-0.2, 0) is 18.7 Å². The lowest BCUT2D eigenvalue weighted by Gasteiger charge is -2.35. The second-order valence-corrected chi connectivity index (χ2v) is 9.00. The maximum Gasteiger partial charge on any atom is 0.341 e. The molecule has 8 nitrogen and oxygen atoms in total. The molecular weight excluding hydrogens is 359 g/mol. The summed E-state index contributed by atoms with van der Waals surface area (Å²) in [5, 5.41) is 12.9. The molecule has 1 aliphatic carbocycles. The van der Waals surface area contributed by atoms with Gasteiger partial charge >= 0.3 is 7.60 Å². The van der Waals surface area contributed by atoms with E-state index in [1.54, 1.807) is 6.08 Å². The molecule has 1 rings (SSSR count). The molecule has 152 valence electrons. The van der Waals surface area contributed by atoms with Gasteiger partial charge in [0.1, 0.15) is 0 Å². The lowest BCUT2D eigenvalue weighted by molar-refractivity contribution is -0.126. The molecular formula is C17H33N2O6P. The summed E-state index contributed by atoms with van der Waals surface area (Å²) < 4.78 is 16.3. The van der Waals surface area contributed by atoms with E-state index in [4.69, 9.17) is 9.90 Å². The van der Waals surface area contributed by atoms with Crippen molar-refractivity contribution in [3.63, 3.8) is 0 Å². The third kappa shape index (κ3) is 9.48. The highest BCUT2D eigenvalue weighted by Gasteiger charge is 2.36. The van der Waals surface area contributed by atoms with Gasteiger partial charge in [-0.15, -0.1) is 6.58 Å². The van der Waals surface area contributed by atoms with Crippen molar-refractivity contribution in [3.05, 3.63) is 12.7 Å². The molecule has 1 amide bonds. The maximum atomic E-state index is 12.7. The van der Waals surface area contributed by atoms with Crippen LogP contribution in [0.25, 0.3) is 0 Å². The summed E-state index contributed by atoms with van der Waals surface area (Å²) in [6.07, 6.45) is 7.60. The van der Waals surface area contributed by atoms with E-state index in [1.807, 2.05) is 13.8 Å². The minimum absolute atomic E-state index is 0.125. The van der Waals surface area contributed by atoms with Gasteiger partial charge in [0.2, 0.25) is 5.91 Å². The number of hydrogen-bond donors (Lipinski definition) is 4. The van der Waals surface area contributed by atoms with Crippen molar-refractivity contribution in [1.29, 1.82) is 0 Å². The molecule has 0 aromatic heterocycles. The van der Waals surface area contributed by atoms with E-state index in [2.05, 4.69) is 21.7 Å². The fourth-order valence-electron chi connectivity index (χ4n) is 3.02. The van der Waals surface area contributed by atoms with Gasteiger partial charge in [-0.1, -0.05) is 39.2 Å². The molecule has 0 bridgehead atoms. The highest BCUT2D eigenvalue weighted by Crippen LogP contribution is 2.40. The molecule has 0 aliphatic heterocycles. The van der Waals surface area contributed by atoms with Crippen molar-refractivity contribution in [2.45, 2.75) is 64.5 Å². The molecule has 0 aromatic rings. The fraction of sp³-hybridized carbons (Fsp3) is 0.765. The van der Waals surface area contributed by atoms with E-state index < -0.39 is 19.1 Å². The van der Waals surface area contributed by atoms with Gasteiger partial charge < -0.3 is 19.8 Å². The SMILES string of the molecule is C=CCC(C)(C)C(NCP(=O)(O)OC)C(=O)NC1CCCCC1.O=CO. The molecule has 1 fully saturated rings. The van der Waals surface area contributed by atoms with E-state index >= 15 is 0 Å². The first-order valence-corrected chi connectivity index (χ1v) is 10.5. The molecule has 0 heterocycles. The Morgan fingerprint density at radius 1 is 1.38 bits per heavy atom. The van der Waals surface area contributed by atoms with E-state index in [1.165, 1.54) is 13.5 Å². The molecule has 26 heavy (non-hydrogen) atoms. The maximum absolute atomic E-state index is 12.7. The zero-order valence-electron chi connectivity index (χ0n) is 15.9. The molecule has 9 heteroatoms. The minimum Gasteiger partial charge on any atom is -0.483 e. The second-order valence-electron chi connectivity index (χ2n) is 7.05. The molecule has 1 saturated carbocycles. The normalized spacial score (nSPS) is 18.6. The van der Waals surface area contributed by atoms with Gasteiger partial charge in [-0.2, -0.15) is 0 Å². The van der Waals surface area contributed by atoms with Crippen LogP contribution in [0.1, 0.15) is 52.4 Å². The molecule has 0 saturated heterocycles. The van der Waals surface area contributed by atoms with Crippen LogP contribution in [0.2, 0.25) is 0 Å². The molecule has 2 unspecified atom stereocenters. The van der Waals surface area contributed by atoms with Gasteiger partial charge in [0.15, 0.2) is 0 Å². The van der Waals surface area contributed by atoms with Crippen molar-refractivity contribution in [3.8, 4) is 0 Å². The molecule has 0 spiro atoms. The Labute approximate surface area is 155 Å². The summed E-state index contributed by atoms with van der Waals surface area (Å²) in [5.74, 6) is -0.125. The third-order valence-electron chi connectivity index (χ3n) is 4.45. The highest BCUT2D eigenvalue weighted by molar-refractivity contribution is 7.52. The quantitative estimate of drug-likeness (QED) is 0.270. The summed E-state index contributed by atoms with van der Waals surface area (Å²) >= 11 is 0. The summed E-state index contributed by atoms with van der Waals surface area (Å²) in [5.41, 5.74) is -0.422. The first-order chi connectivity index (χ1) is 12.1. The average Bonchev–Trinajstić information content (AvgIpc) is 2.56. The zero-order valence-corrected chi connectivity index (χ0v) is 16.8. The standard InChI is InChI=1S/C16H31N2O4P.CH2O2/c1-5-11-16(2,3)14(17-12-23(20,21)22-4)15(19)18-13-9-7-6-8-10-13;2-1-3/h5,13-14,17H,1,6-12H2,2-4H3,(H,18,19)(H,20,21);1H,(H,2,3). The smallest absolute Gasteiger partial charge is 0.341 e. The fourth-order valence-corrected chi connectivity index (χ4v) is 3.56. The van der Waals surface area contributed by atoms with Crippen LogP contribution < -0.4 is 10.6 Å². The average molecular weight is 392 g/mol. The number of hydrogen-bond acceptors (Lipinski definition) is 5. The van der Waals surface area contributed by atoms with Gasteiger partial charge in [-0.25, -0.2) is 0 Å². The molecule has 1 aliphatic rings. The summed E-state index contributed by atoms with van der Waals surface area (Å²) in [6.45, 7) is 7.38. The van der Waals surface area contributed by atoms with Crippen LogP contribution in [0, 0.1) is 5.41 Å². The predicted octanol–water partition coefficient (Wildman–Crippen LogP) is 2.49. The number of allylic oxidation sites excluding steroid dienone is 1. The Kier molecular flexibility index (Phi) is 11.7. The van der Waals surface area contributed by atoms with Crippen LogP contribution in [0.5, 0.6) is 0 Å². The first kappa shape index (κ1) is 24.8. The molecule has 0 radical (unpaired) electrons. The molecule has 2 atom stereocenters. The first-order valence-electron chi connectivity index (χ1n) is 8.73. The van der Waals surface area contributed by atoms with Gasteiger partial charge in [0.05, 0.1) is 12.3 Å². The lowest BCUT2D eigenvalue weighted by atomic mass is 9.80. The molecule has 0 aromatic carbocycles. The summed E-state index contributed by atoms with van der Waals surface area (Å²) in [7, 11) is -2.53. The highest BCUT2D eigenvalue weighted by atomic mass is 31.2. The van der Waals surface area contributed by atoms with Gasteiger partial charge in [0.25, 0.3) is 6.47 Å². The predicted molar refractivity (Wildman–Crippen MR) is 101 cm³/mol. The van der Waals surface area contributed by atoms with E-state index in [9.17, 15) is 14.3 Å². The Hall–Kier alpha value is -1.21. The number of carbonyl (C=O) groups excluding carboxylic acids is 1. The van der Waals surface area contributed by atoms with Crippen molar-refractivity contribution in [2.24, 2.45) is 5.41 Å². The second kappa shape index (κ2) is 12.2. The van der Waals surface area contributed by atoms with Crippen LogP contribution in [0.4, 0.5) is 0 Å². The number of carboxylic acid groups (broad SMARTS) is 1. The Morgan fingerprint density at radius 2 is 1.92 bits per heavy atom. The van der Waals surface area contributed by atoms with Gasteiger partial charge in [-0.3, -0.25) is 19.5 Å². The number of amides is 1. The van der Waals surface area contributed by atoms with Crippen molar-refractivity contribution >= 4 is 20.0 Å². The van der Waals surface area contributed by atoms with E-state index in [0.29, 0.717) is 6.42 Å². The Morgan fingerprint density at radius 3 is 2.38 bits per heavy atom. The summed E-state index contributed by atoms with van der Waals surface area (Å²) in [4.78, 5) is 30.7.